The Balaban J connectivity index is 1.45. The van der Waals surface area contributed by atoms with Gasteiger partial charge in [0.1, 0.15) is 12.4 Å². The third-order valence-corrected chi connectivity index (χ3v) is 6.54. The van der Waals surface area contributed by atoms with Crippen LogP contribution in [0.3, 0.4) is 0 Å². The number of hydrogen-bond acceptors (Lipinski definition) is 4. The predicted octanol–water partition coefficient (Wildman–Crippen LogP) is 6.73. The molecule has 1 fully saturated rings. The first kappa shape index (κ1) is 23.8. The number of benzene rings is 2. The number of hydrogen-bond donors (Lipinski definition) is 0. The first-order chi connectivity index (χ1) is 16.2. The number of anilines is 1. The zero-order valence-electron chi connectivity index (χ0n) is 20.4. The highest BCUT2D eigenvalue weighted by Gasteiger charge is 2.22. The number of nitrogens with zero attached hydrogens (tertiary/aromatic N) is 1. The van der Waals surface area contributed by atoms with Gasteiger partial charge in [-0.2, -0.15) is 0 Å². The molecule has 2 aliphatic rings. The van der Waals surface area contributed by atoms with E-state index in [4.69, 9.17) is 14.2 Å². The van der Waals surface area contributed by atoms with Crippen LogP contribution in [0, 0.1) is 0 Å². The van der Waals surface area contributed by atoms with Crippen LogP contribution in [0.1, 0.15) is 57.9 Å². The van der Waals surface area contributed by atoms with Gasteiger partial charge in [0.25, 0.3) is 0 Å². The molecule has 178 valence electrons. The molecule has 0 bridgehead atoms. The largest absolute Gasteiger partial charge is 0.491 e. The van der Waals surface area contributed by atoms with Gasteiger partial charge in [0, 0.05) is 32.0 Å². The minimum Gasteiger partial charge on any atom is -0.491 e. The lowest BCUT2D eigenvalue weighted by Crippen LogP contribution is -2.34. The van der Waals surface area contributed by atoms with Crippen LogP contribution in [0.5, 0.6) is 5.75 Å². The van der Waals surface area contributed by atoms with E-state index in [1.807, 2.05) is 0 Å². The second-order valence-corrected chi connectivity index (χ2v) is 9.29. The van der Waals surface area contributed by atoms with Crippen LogP contribution in [0.2, 0.25) is 0 Å². The predicted molar refractivity (Wildman–Crippen MR) is 137 cm³/mol. The molecule has 4 heteroatoms. The molecule has 0 amide bonds. The summed E-state index contributed by atoms with van der Waals surface area (Å²) < 4.78 is 17.4. The average molecular weight is 450 g/mol. The normalized spacial score (nSPS) is 20.0. The molecule has 1 saturated heterocycles. The minimum atomic E-state index is 0.367. The zero-order valence-corrected chi connectivity index (χ0v) is 20.4. The summed E-state index contributed by atoms with van der Waals surface area (Å²) in [4.78, 5) is 2.54. The Bertz CT molecular complexity index is 900. The maximum absolute atomic E-state index is 5.94. The van der Waals surface area contributed by atoms with Gasteiger partial charge < -0.3 is 19.1 Å². The molecule has 0 radical (unpaired) electrons. The van der Waals surface area contributed by atoms with Crippen LogP contribution in [0.15, 0.2) is 48.0 Å². The lowest BCUT2D eigenvalue weighted by molar-refractivity contribution is 0.0981. The van der Waals surface area contributed by atoms with Gasteiger partial charge in [-0.1, -0.05) is 43.2 Å². The lowest BCUT2D eigenvalue weighted by Gasteiger charge is -2.31. The van der Waals surface area contributed by atoms with Crippen molar-refractivity contribution >= 4 is 11.8 Å². The standard InChI is InChI=1S/C29H39NO3/c1-3-4-16-31-18-19-33-27-12-9-24(10-13-27)25-11-14-29-26(21-25)20-23(2)7-5-15-30(29)22-28-8-6-17-32-28/h9-14,20-21,28H,3-8,15-19,22H2,1-2H3/b23-20-. The molecule has 4 nitrogen and oxygen atoms in total. The van der Waals surface area contributed by atoms with Crippen LogP contribution in [-0.4, -0.2) is 45.6 Å². The Hall–Kier alpha value is -2.30. The van der Waals surface area contributed by atoms with Gasteiger partial charge in [-0.25, -0.2) is 0 Å². The Morgan fingerprint density at radius 1 is 1.00 bits per heavy atom. The lowest BCUT2D eigenvalue weighted by atomic mass is 9.97. The summed E-state index contributed by atoms with van der Waals surface area (Å²) in [6, 6.07) is 15.3. The van der Waals surface area contributed by atoms with Crippen LogP contribution >= 0.6 is 0 Å². The summed E-state index contributed by atoms with van der Waals surface area (Å²) in [6.07, 6.45) is 9.72. The number of fused-ring (bicyclic) bond motifs is 1. The van der Waals surface area contributed by atoms with Crippen molar-refractivity contribution in [3.63, 3.8) is 0 Å². The van der Waals surface area contributed by atoms with Crippen LogP contribution in [-0.2, 0) is 9.47 Å². The fourth-order valence-corrected chi connectivity index (χ4v) is 4.68. The second-order valence-electron chi connectivity index (χ2n) is 9.29. The maximum atomic E-state index is 5.94. The maximum Gasteiger partial charge on any atom is 0.119 e. The van der Waals surface area contributed by atoms with Crippen molar-refractivity contribution in [2.75, 3.05) is 44.4 Å². The highest BCUT2D eigenvalue weighted by Crippen LogP contribution is 2.33. The number of unbranched alkanes of at least 4 members (excludes halogenated alkanes) is 1. The fourth-order valence-electron chi connectivity index (χ4n) is 4.68. The van der Waals surface area contributed by atoms with Crippen LogP contribution < -0.4 is 9.64 Å². The van der Waals surface area contributed by atoms with Gasteiger partial charge in [-0.3, -0.25) is 0 Å². The molecule has 0 N–H and O–H groups in total. The highest BCUT2D eigenvalue weighted by molar-refractivity contribution is 5.77. The van der Waals surface area contributed by atoms with Crippen molar-refractivity contribution in [1.82, 2.24) is 0 Å². The zero-order chi connectivity index (χ0) is 22.9. The molecule has 4 rings (SSSR count). The summed E-state index contributed by atoms with van der Waals surface area (Å²) in [5.41, 5.74) is 6.55. The fraction of sp³-hybridized carbons (Fsp3) is 0.517. The van der Waals surface area contributed by atoms with E-state index in [0.29, 0.717) is 19.3 Å². The molecule has 33 heavy (non-hydrogen) atoms. The van der Waals surface area contributed by atoms with E-state index in [0.717, 1.165) is 51.3 Å². The molecule has 0 saturated carbocycles. The van der Waals surface area contributed by atoms with E-state index in [-0.39, 0.29) is 0 Å². The van der Waals surface area contributed by atoms with Crippen molar-refractivity contribution in [3.05, 3.63) is 53.6 Å². The molecular weight excluding hydrogens is 410 g/mol. The van der Waals surface area contributed by atoms with Crippen molar-refractivity contribution in [3.8, 4) is 16.9 Å². The number of allylic oxidation sites excluding steroid dienone is 1. The Labute approximate surface area is 199 Å². The van der Waals surface area contributed by atoms with E-state index in [1.54, 1.807) is 0 Å². The molecule has 1 atom stereocenters. The topological polar surface area (TPSA) is 30.9 Å². The van der Waals surface area contributed by atoms with Gasteiger partial charge in [-0.15, -0.1) is 0 Å². The number of ether oxygens (including phenoxy) is 3. The van der Waals surface area contributed by atoms with Gasteiger partial charge in [0.15, 0.2) is 0 Å². The van der Waals surface area contributed by atoms with E-state index in [9.17, 15) is 0 Å². The molecule has 2 aromatic carbocycles. The van der Waals surface area contributed by atoms with Crippen molar-refractivity contribution in [1.29, 1.82) is 0 Å². The minimum absolute atomic E-state index is 0.367. The van der Waals surface area contributed by atoms with Crippen molar-refractivity contribution in [2.24, 2.45) is 0 Å². The summed E-state index contributed by atoms with van der Waals surface area (Å²) in [7, 11) is 0. The Morgan fingerprint density at radius 3 is 2.64 bits per heavy atom. The first-order valence-electron chi connectivity index (χ1n) is 12.7. The van der Waals surface area contributed by atoms with E-state index in [1.165, 1.54) is 47.2 Å². The van der Waals surface area contributed by atoms with Crippen molar-refractivity contribution in [2.45, 2.75) is 58.5 Å². The molecule has 0 spiro atoms. The smallest absolute Gasteiger partial charge is 0.119 e. The highest BCUT2D eigenvalue weighted by atomic mass is 16.5. The summed E-state index contributed by atoms with van der Waals surface area (Å²) in [6.45, 7) is 9.47. The van der Waals surface area contributed by atoms with Crippen molar-refractivity contribution < 1.29 is 14.2 Å². The Morgan fingerprint density at radius 2 is 1.85 bits per heavy atom. The van der Waals surface area contributed by atoms with E-state index < -0.39 is 0 Å². The average Bonchev–Trinajstić information content (AvgIpc) is 3.33. The molecular formula is C29H39NO3. The Kier molecular flexibility index (Phi) is 8.85. The summed E-state index contributed by atoms with van der Waals surface area (Å²) in [5, 5.41) is 0. The quantitative estimate of drug-likeness (QED) is 0.376. The first-order valence-corrected chi connectivity index (χ1v) is 12.7. The van der Waals surface area contributed by atoms with Crippen LogP contribution in [0.25, 0.3) is 17.2 Å². The van der Waals surface area contributed by atoms with Gasteiger partial charge >= 0.3 is 0 Å². The summed E-state index contributed by atoms with van der Waals surface area (Å²) in [5.74, 6) is 0.891. The molecule has 0 aromatic heterocycles. The third-order valence-electron chi connectivity index (χ3n) is 6.54. The molecule has 2 aliphatic heterocycles. The molecule has 2 aromatic rings. The summed E-state index contributed by atoms with van der Waals surface area (Å²) >= 11 is 0. The second kappa shape index (κ2) is 12.2. The number of rotatable bonds is 10. The third kappa shape index (κ3) is 6.84. The van der Waals surface area contributed by atoms with E-state index in [2.05, 4.69) is 67.3 Å². The SMILES string of the molecule is CCCCOCCOc1ccc(-c2ccc3c(c2)/C=C(/C)CCCN3CC2CCCO2)cc1. The van der Waals surface area contributed by atoms with E-state index >= 15 is 0 Å². The van der Waals surface area contributed by atoms with Gasteiger partial charge in [0.05, 0.1) is 12.7 Å². The van der Waals surface area contributed by atoms with Gasteiger partial charge in [-0.05, 0) is 80.0 Å². The van der Waals surface area contributed by atoms with Gasteiger partial charge in [0.2, 0.25) is 0 Å². The molecule has 1 unspecified atom stereocenters. The monoisotopic (exact) mass is 449 g/mol. The molecule has 2 heterocycles. The molecule has 0 aliphatic carbocycles. The van der Waals surface area contributed by atoms with Crippen LogP contribution in [0.4, 0.5) is 5.69 Å².